The maximum absolute atomic E-state index is 13.9. The predicted octanol–water partition coefficient (Wildman–Crippen LogP) is 4.29. The molecule has 2 atom stereocenters. The lowest BCUT2D eigenvalue weighted by Gasteiger charge is -2.33. The number of aliphatic imine (C=N–C) groups is 2. The van der Waals surface area contributed by atoms with E-state index in [1.807, 2.05) is 10.3 Å². The maximum Gasteiger partial charge on any atom is 0.240 e. The maximum atomic E-state index is 13.9. The third-order valence-corrected chi connectivity index (χ3v) is 8.86. The van der Waals surface area contributed by atoms with Crippen LogP contribution >= 0.6 is 22.9 Å². The first-order valence-electron chi connectivity index (χ1n) is 11.7. The summed E-state index contributed by atoms with van der Waals surface area (Å²) in [6.07, 6.45) is 5.26. The smallest absolute Gasteiger partial charge is 0.240 e. The molecule has 3 heterocycles. The van der Waals surface area contributed by atoms with Crippen LogP contribution in [-0.4, -0.2) is 50.0 Å². The fourth-order valence-corrected chi connectivity index (χ4v) is 6.77. The molecule has 2 aliphatic heterocycles. The van der Waals surface area contributed by atoms with Crippen molar-refractivity contribution in [2.45, 2.75) is 23.4 Å². The van der Waals surface area contributed by atoms with E-state index in [1.165, 1.54) is 23.5 Å². The molecule has 8 nitrogen and oxygen atoms in total. The van der Waals surface area contributed by atoms with Crippen molar-refractivity contribution in [2.24, 2.45) is 15.7 Å². The Labute approximate surface area is 229 Å². The first-order valence-corrected chi connectivity index (χ1v) is 14.4. The number of thiazole rings is 1. The van der Waals surface area contributed by atoms with E-state index in [0.29, 0.717) is 40.6 Å². The quantitative estimate of drug-likeness (QED) is 0.412. The summed E-state index contributed by atoms with van der Waals surface area (Å²) in [4.78, 5) is 15.6. The van der Waals surface area contributed by atoms with E-state index in [9.17, 15) is 12.8 Å². The molecular weight excluding hydrogens is 547 g/mol. The fraction of sp³-hybridized carbons (Fsp3) is 0.192. The van der Waals surface area contributed by atoms with Crippen molar-refractivity contribution in [3.8, 4) is 0 Å². The summed E-state index contributed by atoms with van der Waals surface area (Å²) in [5.41, 5.74) is 8.98. The summed E-state index contributed by atoms with van der Waals surface area (Å²) in [6.45, 7) is 0.322. The van der Waals surface area contributed by atoms with Gasteiger partial charge in [0.15, 0.2) is 10.8 Å². The molecule has 196 valence electrons. The number of nitrogens with two attached hydrogens (primary N) is 1. The minimum Gasteiger partial charge on any atom is -0.398 e. The van der Waals surface area contributed by atoms with Crippen LogP contribution in [0.15, 0.2) is 98.0 Å². The summed E-state index contributed by atoms with van der Waals surface area (Å²) >= 11 is 7.91. The number of hydrogen-bond acceptors (Lipinski definition) is 8. The Bertz CT molecular complexity index is 1570. The third kappa shape index (κ3) is 5.14. The van der Waals surface area contributed by atoms with Gasteiger partial charge in [0.2, 0.25) is 10.0 Å². The zero-order valence-corrected chi connectivity index (χ0v) is 22.6. The van der Waals surface area contributed by atoms with Gasteiger partial charge in [-0.2, -0.15) is 0 Å². The summed E-state index contributed by atoms with van der Waals surface area (Å²) in [6, 6.07) is 11.2. The average Bonchev–Trinajstić information content (AvgIpc) is 3.57. The number of aromatic nitrogens is 1. The van der Waals surface area contributed by atoms with E-state index in [2.05, 4.69) is 14.7 Å². The number of rotatable bonds is 7. The number of allylic oxidation sites excluding steroid dienone is 1. The predicted molar refractivity (Wildman–Crippen MR) is 148 cm³/mol. The Balaban J connectivity index is 1.64. The van der Waals surface area contributed by atoms with Crippen LogP contribution in [0.25, 0.3) is 0 Å². The molecule has 0 amide bonds. The number of benzene rings is 2. The normalized spacial score (nSPS) is 20.2. The second-order valence-electron chi connectivity index (χ2n) is 8.69. The highest BCUT2D eigenvalue weighted by Crippen LogP contribution is 2.44. The Hall–Kier alpha value is -3.38. The zero-order chi connectivity index (χ0) is 26.9. The van der Waals surface area contributed by atoms with Crippen molar-refractivity contribution in [2.75, 3.05) is 13.6 Å². The molecule has 3 N–H and O–H groups in total. The number of hydrogen-bond donors (Lipinski definition) is 2. The third-order valence-electron chi connectivity index (χ3n) is 6.23. The molecule has 0 bridgehead atoms. The van der Waals surface area contributed by atoms with Crippen LogP contribution in [0, 0.1) is 5.82 Å². The zero-order valence-electron chi connectivity index (χ0n) is 20.3. The lowest BCUT2D eigenvalue weighted by atomic mass is 9.92. The van der Waals surface area contributed by atoms with Crippen molar-refractivity contribution in [3.63, 3.8) is 0 Å². The van der Waals surface area contributed by atoms with Crippen molar-refractivity contribution in [1.82, 2.24) is 14.6 Å². The molecule has 2 aliphatic rings. The second-order valence-corrected chi connectivity index (χ2v) is 11.7. The fourth-order valence-electron chi connectivity index (χ4n) is 4.61. The Kier molecular flexibility index (Phi) is 7.44. The molecule has 1 saturated heterocycles. The van der Waals surface area contributed by atoms with Gasteiger partial charge in [-0.05, 0) is 30.3 Å². The average molecular weight is 571 g/mol. The SMILES string of the molecule is CN=CC=C(N)C1=C2C[C@H](NS(=O)(=O)c3ccccc3)CN2C(c2nccs2)=N[C@H]1c1ccc(F)cc1Cl. The largest absolute Gasteiger partial charge is 0.398 e. The molecule has 2 aromatic carbocycles. The summed E-state index contributed by atoms with van der Waals surface area (Å²) in [5.74, 6) is 0.106. The standard InChI is InChI=1S/C26H24ClFN6O2S2/c1-30-10-9-21(29)23-22-14-17(33-38(35,36)18-5-3-2-4-6-18)15-34(22)25(26-31-11-12-37-26)32-24(23)19-8-7-16(28)13-20(19)27/h2-13,17,24,33H,14-15,29H2,1H3/t17-,24-/m0/s1. The molecular formula is C26H24ClFN6O2S2. The number of fused-ring (bicyclic) bond motifs is 1. The van der Waals surface area contributed by atoms with Crippen LogP contribution in [-0.2, 0) is 10.0 Å². The van der Waals surface area contributed by atoms with Gasteiger partial charge in [-0.15, -0.1) is 11.3 Å². The highest BCUT2D eigenvalue weighted by atomic mass is 35.5. The topological polar surface area (TPSA) is 113 Å². The molecule has 0 aliphatic carbocycles. The second kappa shape index (κ2) is 10.8. The van der Waals surface area contributed by atoms with Gasteiger partial charge in [0.1, 0.15) is 11.9 Å². The van der Waals surface area contributed by atoms with Gasteiger partial charge in [0.25, 0.3) is 0 Å². The van der Waals surface area contributed by atoms with E-state index >= 15 is 0 Å². The van der Waals surface area contributed by atoms with Gasteiger partial charge in [-0.3, -0.25) is 9.98 Å². The monoisotopic (exact) mass is 570 g/mol. The van der Waals surface area contributed by atoms with Crippen molar-refractivity contribution in [3.05, 3.63) is 105 Å². The van der Waals surface area contributed by atoms with Gasteiger partial charge < -0.3 is 10.6 Å². The number of halogens is 2. The van der Waals surface area contributed by atoms with E-state index in [0.717, 1.165) is 5.70 Å². The number of nitrogens with zero attached hydrogens (tertiary/aromatic N) is 4. The van der Waals surface area contributed by atoms with Crippen molar-refractivity contribution in [1.29, 1.82) is 0 Å². The van der Waals surface area contributed by atoms with Crippen LogP contribution in [0.2, 0.25) is 5.02 Å². The van der Waals surface area contributed by atoms with E-state index in [1.54, 1.807) is 61.9 Å². The molecule has 0 radical (unpaired) electrons. The van der Waals surface area contributed by atoms with Gasteiger partial charge in [-0.25, -0.2) is 22.5 Å². The molecule has 5 rings (SSSR count). The molecule has 0 unspecified atom stereocenters. The minimum atomic E-state index is -3.77. The van der Waals surface area contributed by atoms with Crippen LogP contribution in [0.1, 0.15) is 23.0 Å². The minimum absolute atomic E-state index is 0.183. The number of amidine groups is 1. The highest BCUT2D eigenvalue weighted by molar-refractivity contribution is 7.89. The highest BCUT2D eigenvalue weighted by Gasteiger charge is 2.41. The van der Waals surface area contributed by atoms with Crippen LogP contribution in [0.4, 0.5) is 4.39 Å². The molecule has 12 heteroatoms. The molecule has 1 fully saturated rings. The van der Waals surface area contributed by atoms with Crippen LogP contribution in [0.5, 0.6) is 0 Å². The van der Waals surface area contributed by atoms with E-state index in [-0.39, 0.29) is 9.92 Å². The molecule has 1 aromatic heterocycles. The summed E-state index contributed by atoms with van der Waals surface area (Å²) in [5, 5.41) is 2.71. The van der Waals surface area contributed by atoms with E-state index in [4.69, 9.17) is 22.3 Å². The van der Waals surface area contributed by atoms with Crippen molar-refractivity contribution >= 4 is 45.0 Å². The Morgan fingerprint density at radius 1 is 1.29 bits per heavy atom. The number of nitrogens with one attached hydrogen (secondary N) is 1. The van der Waals surface area contributed by atoms with Crippen LogP contribution in [0.3, 0.4) is 0 Å². The van der Waals surface area contributed by atoms with Gasteiger partial charge in [0.05, 0.1) is 4.90 Å². The van der Waals surface area contributed by atoms with E-state index < -0.39 is 27.9 Å². The van der Waals surface area contributed by atoms with Gasteiger partial charge >= 0.3 is 0 Å². The summed E-state index contributed by atoms with van der Waals surface area (Å²) < 4.78 is 43.0. The molecule has 0 spiro atoms. The van der Waals surface area contributed by atoms with Gasteiger partial charge in [0, 0.05) is 71.4 Å². The first kappa shape index (κ1) is 26.2. The number of sulfonamides is 1. The van der Waals surface area contributed by atoms with Crippen molar-refractivity contribution < 1.29 is 12.8 Å². The van der Waals surface area contributed by atoms with Gasteiger partial charge in [-0.1, -0.05) is 35.9 Å². The Morgan fingerprint density at radius 3 is 2.76 bits per heavy atom. The molecule has 3 aromatic rings. The molecule has 0 saturated carbocycles. The lowest BCUT2D eigenvalue weighted by Crippen LogP contribution is -2.39. The molecule has 38 heavy (non-hydrogen) atoms. The lowest BCUT2D eigenvalue weighted by molar-refractivity contribution is 0.511. The Morgan fingerprint density at radius 2 is 2.08 bits per heavy atom. The first-order chi connectivity index (χ1) is 18.3. The summed E-state index contributed by atoms with van der Waals surface area (Å²) in [7, 11) is -2.14. The van der Waals surface area contributed by atoms with Crippen LogP contribution < -0.4 is 10.5 Å².